The van der Waals surface area contributed by atoms with Gasteiger partial charge >= 0.3 is 0 Å². The maximum atomic E-state index is 12.0. The topological polar surface area (TPSA) is 55.1 Å². The van der Waals surface area contributed by atoms with Crippen molar-refractivity contribution in [1.82, 2.24) is 0 Å². The third kappa shape index (κ3) is 4.06. The number of carbonyl (C=O) groups is 1. The molecule has 1 amide bonds. The van der Waals surface area contributed by atoms with Gasteiger partial charge in [-0.25, -0.2) is 0 Å². The Morgan fingerprint density at radius 3 is 2.71 bits per heavy atom. The second kappa shape index (κ2) is 7.07. The molecule has 0 aliphatic carbocycles. The van der Waals surface area contributed by atoms with Crippen LogP contribution in [-0.2, 0) is 4.79 Å². The van der Waals surface area contributed by atoms with E-state index in [1.807, 2.05) is 25.1 Å². The van der Waals surface area contributed by atoms with Crippen molar-refractivity contribution in [1.29, 1.82) is 0 Å². The minimum Gasteiger partial charge on any atom is -0.398 e. The van der Waals surface area contributed by atoms with Crippen molar-refractivity contribution >= 4 is 52.2 Å². The minimum atomic E-state index is -0.162. The van der Waals surface area contributed by atoms with E-state index in [2.05, 4.69) is 5.32 Å². The molecular weight excluding hydrogens is 327 g/mol. The zero-order valence-corrected chi connectivity index (χ0v) is 13.6. The van der Waals surface area contributed by atoms with Gasteiger partial charge in [0.1, 0.15) is 0 Å². The number of anilines is 2. The van der Waals surface area contributed by atoms with Crippen LogP contribution in [0.5, 0.6) is 0 Å². The molecule has 0 fully saturated rings. The van der Waals surface area contributed by atoms with Crippen molar-refractivity contribution in [3.8, 4) is 0 Å². The lowest BCUT2D eigenvalue weighted by Crippen LogP contribution is -2.14. The van der Waals surface area contributed by atoms with Gasteiger partial charge in [0.25, 0.3) is 0 Å². The molecule has 0 heterocycles. The molecule has 2 rings (SSSR count). The van der Waals surface area contributed by atoms with E-state index in [0.717, 1.165) is 10.5 Å². The highest BCUT2D eigenvalue weighted by Gasteiger charge is 2.10. The summed E-state index contributed by atoms with van der Waals surface area (Å²) in [7, 11) is 0. The molecule has 0 bridgehead atoms. The Morgan fingerprint density at radius 2 is 1.95 bits per heavy atom. The standard InChI is InChI=1S/C15H14Cl2N2OS/c1-9-4-2-7-12(15(9)18)21-8-13(20)19-11-6-3-5-10(16)14(11)17/h2-7H,8,18H2,1H3,(H,19,20). The monoisotopic (exact) mass is 340 g/mol. The number of para-hydroxylation sites is 1. The summed E-state index contributed by atoms with van der Waals surface area (Å²) in [4.78, 5) is 12.9. The molecule has 0 saturated carbocycles. The number of nitrogens with two attached hydrogens (primary N) is 1. The van der Waals surface area contributed by atoms with Gasteiger partial charge in [-0.2, -0.15) is 0 Å². The molecular formula is C15H14Cl2N2OS. The number of amides is 1. The van der Waals surface area contributed by atoms with E-state index in [4.69, 9.17) is 28.9 Å². The van der Waals surface area contributed by atoms with Gasteiger partial charge < -0.3 is 11.1 Å². The number of hydrogen-bond acceptors (Lipinski definition) is 3. The molecule has 0 aliphatic rings. The lowest BCUT2D eigenvalue weighted by Gasteiger charge is -2.10. The van der Waals surface area contributed by atoms with Crippen LogP contribution < -0.4 is 11.1 Å². The van der Waals surface area contributed by atoms with E-state index in [9.17, 15) is 4.79 Å². The van der Waals surface area contributed by atoms with Gasteiger partial charge in [0, 0.05) is 10.6 Å². The average molecular weight is 341 g/mol. The second-order valence-corrected chi connectivity index (χ2v) is 6.23. The van der Waals surface area contributed by atoms with Crippen LogP contribution in [0.3, 0.4) is 0 Å². The fourth-order valence-electron chi connectivity index (χ4n) is 1.71. The third-order valence-corrected chi connectivity index (χ3v) is 4.76. The highest BCUT2D eigenvalue weighted by Crippen LogP contribution is 2.30. The summed E-state index contributed by atoms with van der Waals surface area (Å²) >= 11 is 13.3. The fourth-order valence-corrected chi connectivity index (χ4v) is 2.91. The first kappa shape index (κ1) is 16.0. The molecule has 2 aromatic rings. The van der Waals surface area contributed by atoms with Crippen molar-refractivity contribution in [3.05, 3.63) is 52.0 Å². The van der Waals surface area contributed by atoms with Crippen molar-refractivity contribution in [3.63, 3.8) is 0 Å². The minimum absolute atomic E-state index is 0.162. The van der Waals surface area contributed by atoms with Gasteiger partial charge in [-0.15, -0.1) is 11.8 Å². The Labute approximate surface area is 137 Å². The van der Waals surface area contributed by atoms with Crippen LogP contribution in [-0.4, -0.2) is 11.7 Å². The number of aryl methyl sites for hydroxylation is 1. The van der Waals surface area contributed by atoms with E-state index >= 15 is 0 Å². The van der Waals surface area contributed by atoms with Crippen LogP contribution >= 0.6 is 35.0 Å². The summed E-state index contributed by atoms with van der Waals surface area (Å²) in [5.74, 6) is 0.0846. The second-order valence-electron chi connectivity index (χ2n) is 4.42. The fraction of sp³-hybridized carbons (Fsp3) is 0.133. The number of benzene rings is 2. The van der Waals surface area contributed by atoms with E-state index < -0.39 is 0 Å². The Balaban J connectivity index is 1.99. The Kier molecular flexibility index (Phi) is 5.39. The smallest absolute Gasteiger partial charge is 0.234 e. The molecule has 0 aromatic heterocycles. The van der Waals surface area contributed by atoms with E-state index in [-0.39, 0.29) is 11.7 Å². The molecule has 0 saturated heterocycles. The molecule has 0 spiro atoms. The summed E-state index contributed by atoms with van der Waals surface area (Å²) in [5, 5.41) is 3.49. The average Bonchev–Trinajstić information content (AvgIpc) is 2.45. The number of rotatable bonds is 4. The Bertz CT molecular complexity index is 677. The highest BCUT2D eigenvalue weighted by molar-refractivity contribution is 8.00. The van der Waals surface area contributed by atoms with Gasteiger partial charge in [-0.3, -0.25) is 4.79 Å². The predicted molar refractivity (Wildman–Crippen MR) is 91.4 cm³/mol. The first-order chi connectivity index (χ1) is 9.99. The maximum Gasteiger partial charge on any atom is 0.234 e. The SMILES string of the molecule is Cc1cccc(SCC(=O)Nc2cccc(Cl)c2Cl)c1N. The van der Waals surface area contributed by atoms with E-state index in [0.29, 0.717) is 21.4 Å². The molecule has 0 aliphatic heterocycles. The summed E-state index contributed by atoms with van der Waals surface area (Å²) in [6, 6.07) is 10.9. The molecule has 0 atom stereocenters. The van der Waals surface area contributed by atoms with Crippen molar-refractivity contribution in [2.45, 2.75) is 11.8 Å². The molecule has 3 nitrogen and oxygen atoms in total. The first-order valence-corrected chi connectivity index (χ1v) is 7.95. The normalized spacial score (nSPS) is 10.4. The molecule has 2 aromatic carbocycles. The Hall–Kier alpha value is -1.36. The number of nitrogen functional groups attached to an aromatic ring is 1. The summed E-state index contributed by atoms with van der Waals surface area (Å²) in [5.41, 5.74) is 8.18. The number of halogens is 2. The zero-order valence-electron chi connectivity index (χ0n) is 11.3. The van der Waals surface area contributed by atoms with Crippen molar-refractivity contribution in [2.24, 2.45) is 0 Å². The number of thioether (sulfide) groups is 1. The summed E-state index contributed by atoms with van der Waals surface area (Å²) in [6.45, 7) is 1.94. The Morgan fingerprint density at radius 1 is 1.24 bits per heavy atom. The van der Waals surface area contributed by atoms with Gasteiger partial charge in [0.05, 0.1) is 21.5 Å². The van der Waals surface area contributed by atoms with Crippen LogP contribution in [0.25, 0.3) is 0 Å². The van der Waals surface area contributed by atoms with Crippen LogP contribution in [0, 0.1) is 6.92 Å². The molecule has 0 radical (unpaired) electrons. The van der Waals surface area contributed by atoms with Gasteiger partial charge in [-0.05, 0) is 30.7 Å². The van der Waals surface area contributed by atoms with Crippen LogP contribution in [0.4, 0.5) is 11.4 Å². The highest BCUT2D eigenvalue weighted by atomic mass is 35.5. The van der Waals surface area contributed by atoms with E-state index in [1.165, 1.54) is 11.8 Å². The van der Waals surface area contributed by atoms with Gasteiger partial charge in [0.2, 0.25) is 5.91 Å². The lowest BCUT2D eigenvalue weighted by molar-refractivity contribution is -0.113. The third-order valence-electron chi connectivity index (χ3n) is 2.87. The van der Waals surface area contributed by atoms with Gasteiger partial charge in [0.15, 0.2) is 0 Å². The van der Waals surface area contributed by atoms with Crippen LogP contribution in [0.1, 0.15) is 5.56 Å². The number of nitrogens with one attached hydrogen (secondary N) is 1. The van der Waals surface area contributed by atoms with Crippen molar-refractivity contribution < 1.29 is 4.79 Å². The molecule has 110 valence electrons. The largest absolute Gasteiger partial charge is 0.398 e. The van der Waals surface area contributed by atoms with Gasteiger partial charge in [-0.1, -0.05) is 41.4 Å². The van der Waals surface area contributed by atoms with E-state index in [1.54, 1.807) is 18.2 Å². The first-order valence-electron chi connectivity index (χ1n) is 6.21. The number of carbonyl (C=O) groups excluding carboxylic acids is 1. The molecule has 0 unspecified atom stereocenters. The van der Waals surface area contributed by atoms with Crippen molar-refractivity contribution in [2.75, 3.05) is 16.8 Å². The maximum absolute atomic E-state index is 12.0. The number of hydrogen-bond donors (Lipinski definition) is 2. The predicted octanol–water partition coefficient (Wildman–Crippen LogP) is 4.61. The lowest BCUT2D eigenvalue weighted by atomic mass is 10.2. The molecule has 3 N–H and O–H groups in total. The quantitative estimate of drug-likeness (QED) is 0.630. The molecule has 21 heavy (non-hydrogen) atoms. The van der Waals surface area contributed by atoms with Crippen LogP contribution in [0.2, 0.25) is 10.0 Å². The summed E-state index contributed by atoms with van der Waals surface area (Å²) < 4.78 is 0. The van der Waals surface area contributed by atoms with Crippen LogP contribution in [0.15, 0.2) is 41.3 Å². The zero-order chi connectivity index (χ0) is 15.4. The summed E-state index contributed by atoms with van der Waals surface area (Å²) in [6.07, 6.45) is 0. The molecule has 6 heteroatoms.